The van der Waals surface area contributed by atoms with Crippen LogP contribution in [0.4, 0.5) is 29.3 Å². The standard InChI is InChI=1S/C37H51F3N4O6/c1-24-21-44(25(2)23-45)35(47)31-20-30(42-36(48)41-29-15-13-28(14-16-29)37(38,39)40)17-18-32(31)50-26(3)10-8-9-19-49-33(24)22-43(4)34(46)27-11-6-5-7-12-27/h13-18,20,24-27,33,45H,5-12,19,21-23H2,1-4H3,(H2,41,42,48)/t24-,25-,26+,33+/m1/s1. The maximum absolute atomic E-state index is 14.4. The Morgan fingerprint density at radius 2 is 1.62 bits per heavy atom. The van der Waals surface area contributed by atoms with E-state index in [-0.39, 0.29) is 60.0 Å². The van der Waals surface area contributed by atoms with Gasteiger partial charge in [-0.05, 0) is 88.4 Å². The van der Waals surface area contributed by atoms with Gasteiger partial charge in [0.15, 0.2) is 0 Å². The van der Waals surface area contributed by atoms with Gasteiger partial charge in [-0.1, -0.05) is 26.2 Å². The van der Waals surface area contributed by atoms with Crippen molar-refractivity contribution in [1.82, 2.24) is 9.80 Å². The number of rotatable bonds is 7. The number of anilines is 2. The Hall–Kier alpha value is -3.84. The van der Waals surface area contributed by atoms with E-state index in [1.807, 2.05) is 20.9 Å². The van der Waals surface area contributed by atoms with E-state index in [4.69, 9.17) is 9.47 Å². The van der Waals surface area contributed by atoms with E-state index < -0.39 is 29.7 Å². The van der Waals surface area contributed by atoms with Gasteiger partial charge in [0.05, 0.1) is 36.0 Å². The summed E-state index contributed by atoms with van der Waals surface area (Å²) in [6.07, 6.45) is 2.27. The van der Waals surface area contributed by atoms with Crippen molar-refractivity contribution in [2.75, 3.05) is 44.0 Å². The Bertz CT molecular complexity index is 1430. The number of likely N-dealkylation sites (N-methyl/N-ethyl adjacent to an activating group) is 1. The summed E-state index contributed by atoms with van der Waals surface area (Å²) in [7, 11) is 1.81. The number of aliphatic hydroxyl groups is 1. The molecule has 1 aliphatic carbocycles. The second-order valence-electron chi connectivity index (χ2n) is 13.7. The van der Waals surface area contributed by atoms with Crippen molar-refractivity contribution in [3.8, 4) is 5.75 Å². The summed E-state index contributed by atoms with van der Waals surface area (Å²) in [4.78, 5) is 43.8. The molecule has 0 spiro atoms. The van der Waals surface area contributed by atoms with Gasteiger partial charge >= 0.3 is 12.2 Å². The van der Waals surface area contributed by atoms with Crippen LogP contribution in [0.15, 0.2) is 42.5 Å². The minimum Gasteiger partial charge on any atom is -0.490 e. The highest BCUT2D eigenvalue weighted by atomic mass is 19.4. The molecule has 2 aliphatic rings. The van der Waals surface area contributed by atoms with Crippen LogP contribution in [0.2, 0.25) is 0 Å². The lowest BCUT2D eigenvalue weighted by molar-refractivity contribution is -0.138. The van der Waals surface area contributed by atoms with E-state index in [1.54, 1.807) is 28.9 Å². The molecule has 0 aromatic heterocycles. The minimum absolute atomic E-state index is 0.0212. The molecule has 276 valence electrons. The van der Waals surface area contributed by atoms with Gasteiger partial charge in [-0.3, -0.25) is 9.59 Å². The largest absolute Gasteiger partial charge is 0.490 e. The summed E-state index contributed by atoms with van der Waals surface area (Å²) >= 11 is 0. The van der Waals surface area contributed by atoms with Gasteiger partial charge in [0, 0.05) is 50.0 Å². The monoisotopic (exact) mass is 704 g/mol. The number of benzene rings is 2. The zero-order valence-corrected chi connectivity index (χ0v) is 29.4. The molecule has 3 N–H and O–H groups in total. The van der Waals surface area contributed by atoms with Gasteiger partial charge in [-0.25, -0.2) is 4.79 Å². The normalized spacial score (nSPS) is 22.0. The van der Waals surface area contributed by atoms with E-state index in [1.165, 1.54) is 6.07 Å². The smallest absolute Gasteiger partial charge is 0.416 e. The van der Waals surface area contributed by atoms with Crippen molar-refractivity contribution >= 4 is 29.2 Å². The number of aliphatic hydroxyl groups excluding tert-OH is 1. The first-order valence-electron chi connectivity index (χ1n) is 17.6. The second kappa shape index (κ2) is 17.9. The first kappa shape index (κ1) is 39.0. The average Bonchev–Trinajstić information content (AvgIpc) is 3.09. The molecule has 13 heteroatoms. The lowest BCUT2D eigenvalue weighted by atomic mass is 9.88. The average molecular weight is 705 g/mol. The maximum atomic E-state index is 14.4. The molecule has 2 aromatic rings. The highest BCUT2D eigenvalue weighted by Crippen LogP contribution is 2.31. The molecule has 10 nitrogen and oxygen atoms in total. The van der Waals surface area contributed by atoms with Crippen LogP contribution in [0, 0.1) is 11.8 Å². The summed E-state index contributed by atoms with van der Waals surface area (Å²) in [6, 6.07) is 7.44. The summed E-state index contributed by atoms with van der Waals surface area (Å²) in [6.45, 7) is 6.42. The predicted octanol–water partition coefficient (Wildman–Crippen LogP) is 7.18. The Morgan fingerprint density at radius 1 is 0.980 bits per heavy atom. The van der Waals surface area contributed by atoms with Crippen LogP contribution in [-0.4, -0.2) is 84.4 Å². The SMILES string of the molecule is C[C@@H]1CN([C@H](C)CO)C(=O)c2cc(NC(=O)Nc3ccc(C(F)(F)F)cc3)ccc2O[C@@H](C)CCCCO[C@H]1CN(C)C(=O)C1CCCCC1. The third kappa shape index (κ3) is 10.8. The molecule has 1 aliphatic heterocycles. The van der Waals surface area contributed by atoms with Crippen LogP contribution in [0.25, 0.3) is 0 Å². The first-order valence-corrected chi connectivity index (χ1v) is 17.6. The molecule has 1 saturated carbocycles. The molecular formula is C37H51F3N4O6. The number of hydrogen-bond donors (Lipinski definition) is 3. The maximum Gasteiger partial charge on any atom is 0.416 e. The number of nitrogens with zero attached hydrogens (tertiary/aromatic N) is 2. The number of nitrogens with one attached hydrogen (secondary N) is 2. The number of fused-ring (bicyclic) bond motifs is 1. The Morgan fingerprint density at radius 3 is 2.28 bits per heavy atom. The fourth-order valence-electron chi connectivity index (χ4n) is 6.52. The zero-order chi connectivity index (χ0) is 36.4. The van der Waals surface area contributed by atoms with Crippen LogP contribution in [0.5, 0.6) is 5.75 Å². The Labute approximate surface area is 292 Å². The number of hydrogen-bond acceptors (Lipinski definition) is 6. The van der Waals surface area contributed by atoms with Crippen molar-refractivity contribution in [3.63, 3.8) is 0 Å². The highest BCUT2D eigenvalue weighted by molar-refractivity contribution is 6.02. The molecule has 0 bridgehead atoms. The van der Waals surface area contributed by atoms with Crippen LogP contribution >= 0.6 is 0 Å². The second-order valence-corrected chi connectivity index (χ2v) is 13.7. The number of urea groups is 1. The van der Waals surface area contributed by atoms with Crippen molar-refractivity contribution < 1.29 is 42.1 Å². The number of alkyl halides is 3. The summed E-state index contributed by atoms with van der Waals surface area (Å²) < 4.78 is 51.5. The minimum atomic E-state index is -4.50. The quantitative estimate of drug-likeness (QED) is 0.281. The molecule has 0 radical (unpaired) electrons. The third-order valence-electron chi connectivity index (χ3n) is 9.56. The van der Waals surface area contributed by atoms with Crippen molar-refractivity contribution in [2.24, 2.45) is 11.8 Å². The van der Waals surface area contributed by atoms with Gasteiger partial charge in [-0.2, -0.15) is 13.2 Å². The fraction of sp³-hybridized carbons (Fsp3) is 0.595. The van der Waals surface area contributed by atoms with Crippen LogP contribution in [0.3, 0.4) is 0 Å². The molecule has 4 atom stereocenters. The Kier molecular flexibility index (Phi) is 13.9. The molecule has 1 fully saturated rings. The predicted molar refractivity (Wildman–Crippen MR) is 185 cm³/mol. The van der Waals surface area contributed by atoms with E-state index in [2.05, 4.69) is 10.6 Å². The number of carbonyl (C=O) groups is 3. The van der Waals surface area contributed by atoms with Gasteiger partial charge < -0.3 is 35.0 Å². The molecular weight excluding hydrogens is 653 g/mol. The van der Waals surface area contributed by atoms with E-state index in [0.29, 0.717) is 25.3 Å². The summed E-state index contributed by atoms with van der Waals surface area (Å²) in [5.74, 6) is -0.167. The van der Waals surface area contributed by atoms with E-state index in [0.717, 1.165) is 69.2 Å². The number of halogens is 3. The summed E-state index contributed by atoms with van der Waals surface area (Å²) in [5.41, 5.74) is -0.249. The van der Waals surface area contributed by atoms with Crippen LogP contribution < -0.4 is 15.4 Å². The lowest BCUT2D eigenvalue weighted by Gasteiger charge is -2.36. The van der Waals surface area contributed by atoms with Gasteiger partial charge in [0.25, 0.3) is 5.91 Å². The van der Waals surface area contributed by atoms with Gasteiger partial charge in [-0.15, -0.1) is 0 Å². The lowest BCUT2D eigenvalue weighted by Crippen LogP contribution is -2.48. The zero-order valence-electron chi connectivity index (χ0n) is 29.4. The van der Waals surface area contributed by atoms with Crippen LogP contribution in [-0.2, 0) is 15.7 Å². The van der Waals surface area contributed by atoms with Crippen molar-refractivity contribution in [1.29, 1.82) is 0 Å². The molecule has 0 saturated heterocycles. The van der Waals surface area contributed by atoms with Gasteiger partial charge in [0.1, 0.15) is 5.75 Å². The summed E-state index contributed by atoms with van der Waals surface area (Å²) in [5, 5.41) is 15.4. The van der Waals surface area contributed by atoms with Crippen molar-refractivity contribution in [2.45, 2.75) is 96.6 Å². The number of ether oxygens (including phenoxy) is 2. The van der Waals surface area contributed by atoms with Crippen molar-refractivity contribution in [3.05, 3.63) is 53.6 Å². The molecule has 2 aromatic carbocycles. The molecule has 4 rings (SSSR count). The highest BCUT2D eigenvalue weighted by Gasteiger charge is 2.33. The third-order valence-corrected chi connectivity index (χ3v) is 9.56. The molecule has 4 amide bonds. The fourth-order valence-corrected chi connectivity index (χ4v) is 6.52. The number of carbonyl (C=O) groups excluding carboxylic acids is 3. The molecule has 0 unspecified atom stereocenters. The van der Waals surface area contributed by atoms with E-state index >= 15 is 0 Å². The Balaban J connectivity index is 1.57. The van der Waals surface area contributed by atoms with Crippen LogP contribution in [0.1, 0.15) is 88.1 Å². The van der Waals surface area contributed by atoms with E-state index in [9.17, 15) is 32.7 Å². The molecule has 1 heterocycles. The molecule has 50 heavy (non-hydrogen) atoms. The van der Waals surface area contributed by atoms with Gasteiger partial charge in [0.2, 0.25) is 5.91 Å². The number of amides is 4. The topological polar surface area (TPSA) is 120 Å². The first-order chi connectivity index (χ1) is 23.8.